The Hall–Kier alpha value is -0.110. The fraction of sp³-hybridized carbons (Fsp3) is 0.267. The number of Topliss-reactive ketones (excluding diaryl/α,β-unsaturated/α-hetero) is 1. The molecule has 2 aromatic heterocycles. The molecule has 0 fully saturated rings. The van der Waals surface area contributed by atoms with Crippen molar-refractivity contribution in [3.8, 4) is 0 Å². The summed E-state index contributed by atoms with van der Waals surface area (Å²) in [6.45, 7) is 0. The van der Waals surface area contributed by atoms with Crippen LogP contribution in [-0.4, -0.2) is 26.4 Å². The monoisotopic (exact) mass is 552 g/mol. The smallest absolute Gasteiger partial charge is 0.149 e. The number of pyridine rings is 2. The van der Waals surface area contributed by atoms with E-state index in [0.717, 1.165) is 20.3 Å². The molecule has 3 nitrogen and oxygen atoms in total. The maximum Gasteiger partial charge on any atom is 0.149 e. The van der Waals surface area contributed by atoms with Crippen molar-refractivity contribution in [2.75, 3.05) is 10.7 Å². The van der Waals surface area contributed by atoms with Gasteiger partial charge in [0, 0.05) is 23.1 Å². The standard InChI is InChI=1S/C15H12Br4N2O/c16-5-11(9-1-3-13(18)20-7-9)15(22)12(6-17)10-2-4-14(19)21-8-10/h1-4,7-8,11-12H,5-6H2. The highest BCUT2D eigenvalue weighted by Crippen LogP contribution is 2.29. The molecule has 2 atom stereocenters. The Morgan fingerprint density at radius 2 is 1.27 bits per heavy atom. The predicted octanol–water partition coefficient (Wildman–Crippen LogP) is 5.23. The number of rotatable bonds is 6. The van der Waals surface area contributed by atoms with Crippen LogP contribution in [0.25, 0.3) is 0 Å². The summed E-state index contributed by atoms with van der Waals surface area (Å²) < 4.78 is 1.51. The highest BCUT2D eigenvalue weighted by atomic mass is 79.9. The summed E-state index contributed by atoms with van der Waals surface area (Å²) >= 11 is 13.5. The first kappa shape index (κ1) is 18.2. The van der Waals surface area contributed by atoms with Crippen molar-refractivity contribution in [2.24, 2.45) is 0 Å². The molecular weight excluding hydrogens is 544 g/mol. The molecule has 0 saturated carbocycles. The number of hydrogen-bond acceptors (Lipinski definition) is 3. The lowest BCUT2D eigenvalue weighted by Crippen LogP contribution is -2.23. The maximum atomic E-state index is 12.9. The topological polar surface area (TPSA) is 42.9 Å². The van der Waals surface area contributed by atoms with E-state index in [2.05, 4.69) is 73.7 Å². The van der Waals surface area contributed by atoms with Crippen LogP contribution in [0.1, 0.15) is 23.0 Å². The van der Waals surface area contributed by atoms with Crippen LogP contribution in [0.3, 0.4) is 0 Å². The Balaban J connectivity index is 2.29. The number of halogens is 4. The fourth-order valence-electron chi connectivity index (χ4n) is 2.09. The molecule has 0 aromatic carbocycles. The van der Waals surface area contributed by atoms with Crippen LogP contribution >= 0.6 is 63.7 Å². The summed E-state index contributed by atoms with van der Waals surface area (Å²) in [6, 6.07) is 7.54. The van der Waals surface area contributed by atoms with E-state index >= 15 is 0 Å². The van der Waals surface area contributed by atoms with Gasteiger partial charge >= 0.3 is 0 Å². The van der Waals surface area contributed by atoms with Crippen molar-refractivity contribution in [1.29, 1.82) is 0 Å². The summed E-state index contributed by atoms with van der Waals surface area (Å²) in [5.41, 5.74) is 1.81. The number of aromatic nitrogens is 2. The molecule has 22 heavy (non-hydrogen) atoms. The van der Waals surface area contributed by atoms with Gasteiger partial charge in [0.1, 0.15) is 15.0 Å². The summed E-state index contributed by atoms with van der Waals surface area (Å²) in [5, 5.41) is 1.12. The maximum absolute atomic E-state index is 12.9. The van der Waals surface area contributed by atoms with Crippen LogP contribution in [0.5, 0.6) is 0 Å². The lowest BCUT2D eigenvalue weighted by molar-refractivity contribution is -0.121. The number of carbonyl (C=O) groups excluding carboxylic acids is 1. The predicted molar refractivity (Wildman–Crippen MR) is 102 cm³/mol. The van der Waals surface area contributed by atoms with Crippen LogP contribution in [0.4, 0.5) is 0 Å². The van der Waals surface area contributed by atoms with Gasteiger partial charge in [0.2, 0.25) is 0 Å². The average Bonchev–Trinajstić information content (AvgIpc) is 2.52. The van der Waals surface area contributed by atoms with Crippen molar-refractivity contribution in [3.63, 3.8) is 0 Å². The lowest BCUT2D eigenvalue weighted by Gasteiger charge is -2.20. The van der Waals surface area contributed by atoms with Gasteiger partial charge in [-0.1, -0.05) is 44.0 Å². The second-order valence-corrected chi connectivity index (χ2v) is 7.56. The van der Waals surface area contributed by atoms with Gasteiger partial charge in [0.15, 0.2) is 0 Å². The minimum Gasteiger partial charge on any atom is -0.298 e. The Labute approximate surface area is 162 Å². The molecule has 0 saturated heterocycles. The van der Waals surface area contributed by atoms with Crippen molar-refractivity contribution in [2.45, 2.75) is 11.8 Å². The first-order valence-electron chi connectivity index (χ1n) is 6.45. The summed E-state index contributed by atoms with van der Waals surface area (Å²) in [5.74, 6) is -0.347. The molecule has 0 N–H and O–H groups in total. The van der Waals surface area contributed by atoms with Crippen molar-refractivity contribution in [1.82, 2.24) is 9.97 Å². The van der Waals surface area contributed by atoms with E-state index in [1.807, 2.05) is 24.3 Å². The number of alkyl halides is 2. The Morgan fingerprint density at radius 1 is 0.864 bits per heavy atom. The fourth-order valence-corrected chi connectivity index (χ4v) is 3.94. The zero-order valence-electron chi connectivity index (χ0n) is 11.3. The highest BCUT2D eigenvalue weighted by molar-refractivity contribution is 9.10. The lowest BCUT2D eigenvalue weighted by atomic mass is 9.87. The molecule has 0 spiro atoms. The molecule has 0 aliphatic rings. The van der Waals surface area contributed by atoms with Gasteiger partial charge in [0.05, 0.1) is 11.8 Å². The number of ketones is 1. The van der Waals surface area contributed by atoms with Crippen LogP contribution in [0.2, 0.25) is 0 Å². The van der Waals surface area contributed by atoms with Gasteiger partial charge < -0.3 is 0 Å². The summed E-state index contributed by atoms with van der Waals surface area (Å²) in [4.78, 5) is 21.4. The third-order valence-corrected chi connectivity index (χ3v) is 5.53. The number of nitrogens with zero attached hydrogens (tertiary/aromatic N) is 2. The molecule has 0 aliphatic carbocycles. The molecule has 0 radical (unpaired) electrons. The minimum atomic E-state index is -0.244. The second kappa shape index (κ2) is 8.66. The highest BCUT2D eigenvalue weighted by Gasteiger charge is 2.28. The summed E-state index contributed by atoms with van der Waals surface area (Å²) in [7, 11) is 0. The van der Waals surface area contributed by atoms with Gasteiger partial charge in [0.25, 0.3) is 0 Å². The van der Waals surface area contributed by atoms with Crippen molar-refractivity contribution < 1.29 is 4.79 Å². The quantitative estimate of drug-likeness (QED) is 0.362. The molecule has 0 aliphatic heterocycles. The third-order valence-electron chi connectivity index (χ3n) is 3.30. The molecular formula is C15H12Br4N2O. The molecule has 0 amide bonds. The molecule has 2 unspecified atom stereocenters. The SMILES string of the molecule is O=C(C(CBr)c1ccc(Br)nc1)C(CBr)c1ccc(Br)nc1. The Morgan fingerprint density at radius 3 is 1.55 bits per heavy atom. The first-order valence-corrected chi connectivity index (χ1v) is 10.3. The number of carbonyl (C=O) groups is 1. The van der Waals surface area contributed by atoms with Gasteiger partial charge in [-0.05, 0) is 55.1 Å². The van der Waals surface area contributed by atoms with Crippen molar-refractivity contribution in [3.05, 3.63) is 57.0 Å². The van der Waals surface area contributed by atoms with Gasteiger partial charge in [-0.3, -0.25) is 4.79 Å². The molecule has 116 valence electrons. The van der Waals surface area contributed by atoms with Crippen LogP contribution in [0, 0.1) is 0 Å². The second-order valence-electron chi connectivity index (χ2n) is 4.64. The molecule has 2 heterocycles. The van der Waals surface area contributed by atoms with E-state index in [9.17, 15) is 4.79 Å². The molecule has 2 aromatic rings. The number of hydrogen-bond donors (Lipinski definition) is 0. The van der Waals surface area contributed by atoms with Gasteiger partial charge in [-0.15, -0.1) is 0 Å². The van der Waals surface area contributed by atoms with Crippen molar-refractivity contribution >= 4 is 69.5 Å². The first-order chi connectivity index (χ1) is 10.6. The van der Waals surface area contributed by atoms with E-state index in [-0.39, 0.29) is 17.6 Å². The van der Waals surface area contributed by atoms with E-state index < -0.39 is 0 Å². The summed E-state index contributed by atoms with van der Waals surface area (Å²) in [6.07, 6.45) is 3.47. The third kappa shape index (κ3) is 4.46. The van der Waals surface area contributed by atoms with Crippen LogP contribution in [-0.2, 0) is 4.79 Å². The van der Waals surface area contributed by atoms with Gasteiger partial charge in [-0.2, -0.15) is 0 Å². The minimum absolute atomic E-state index is 0.141. The molecule has 0 bridgehead atoms. The van der Waals surface area contributed by atoms with E-state index in [1.165, 1.54) is 0 Å². The van der Waals surface area contributed by atoms with Gasteiger partial charge in [-0.25, -0.2) is 9.97 Å². The largest absolute Gasteiger partial charge is 0.298 e. The van der Waals surface area contributed by atoms with Crippen LogP contribution < -0.4 is 0 Å². The van der Waals surface area contributed by atoms with E-state index in [4.69, 9.17) is 0 Å². The Bertz CT molecular complexity index is 575. The van der Waals surface area contributed by atoms with Crippen LogP contribution in [0.15, 0.2) is 45.9 Å². The zero-order chi connectivity index (χ0) is 16.1. The molecule has 2 rings (SSSR count). The zero-order valence-corrected chi connectivity index (χ0v) is 17.7. The normalized spacial score (nSPS) is 13.6. The van der Waals surface area contributed by atoms with E-state index in [1.54, 1.807) is 12.4 Å². The Kier molecular flexibility index (Phi) is 7.18. The molecule has 7 heteroatoms. The average molecular weight is 556 g/mol. The van der Waals surface area contributed by atoms with E-state index in [0.29, 0.717) is 10.7 Å².